The third-order valence-corrected chi connectivity index (χ3v) is 6.89. The SMILES string of the molecule is CN=C(NCCc1csc(C(C)C)n1)N1CC2C3CCC(O3)C2C1.I. The number of aromatic nitrogens is 1. The summed E-state index contributed by atoms with van der Waals surface area (Å²) in [5.74, 6) is 3.00. The second-order valence-corrected chi connectivity index (χ2v) is 8.47. The molecule has 1 N–H and O–H groups in total. The largest absolute Gasteiger partial charge is 0.374 e. The molecule has 3 aliphatic heterocycles. The van der Waals surface area contributed by atoms with Gasteiger partial charge in [-0.1, -0.05) is 13.8 Å². The summed E-state index contributed by atoms with van der Waals surface area (Å²) in [6, 6.07) is 0. The molecule has 140 valence electrons. The highest BCUT2D eigenvalue weighted by Crippen LogP contribution is 2.47. The fraction of sp³-hybridized carbons (Fsp3) is 0.778. The van der Waals surface area contributed by atoms with E-state index in [9.17, 15) is 0 Å². The van der Waals surface area contributed by atoms with Crippen LogP contribution in [-0.2, 0) is 11.2 Å². The number of nitrogens with zero attached hydrogens (tertiary/aromatic N) is 3. The number of aliphatic imine (C=N–C) groups is 1. The lowest BCUT2D eigenvalue weighted by Gasteiger charge is -2.23. The molecule has 0 amide bonds. The lowest BCUT2D eigenvalue weighted by molar-refractivity contribution is 0.0767. The quantitative estimate of drug-likeness (QED) is 0.412. The van der Waals surface area contributed by atoms with Gasteiger partial charge in [-0.15, -0.1) is 35.3 Å². The molecule has 3 aliphatic rings. The van der Waals surface area contributed by atoms with Crippen molar-refractivity contribution in [1.82, 2.24) is 15.2 Å². The molecule has 0 radical (unpaired) electrons. The summed E-state index contributed by atoms with van der Waals surface area (Å²) in [7, 11) is 1.89. The van der Waals surface area contributed by atoms with Gasteiger partial charge in [0, 0.05) is 56.2 Å². The molecule has 3 fully saturated rings. The molecule has 0 aromatic carbocycles. The second kappa shape index (κ2) is 8.08. The van der Waals surface area contributed by atoms with Crippen molar-refractivity contribution < 1.29 is 4.74 Å². The van der Waals surface area contributed by atoms with E-state index in [0.29, 0.717) is 18.1 Å². The molecule has 25 heavy (non-hydrogen) atoms. The zero-order chi connectivity index (χ0) is 16.7. The summed E-state index contributed by atoms with van der Waals surface area (Å²) in [5.41, 5.74) is 1.19. The van der Waals surface area contributed by atoms with Crippen LogP contribution in [0.1, 0.15) is 43.3 Å². The minimum Gasteiger partial charge on any atom is -0.374 e. The molecule has 1 aromatic rings. The summed E-state index contributed by atoms with van der Waals surface area (Å²) in [4.78, 5) is 11.7. The van der Waals surface area contributed by atoms with E-state index in [4.69, 9.17) is 9.72 Å². The van der Waals surface area contributed by atoms with Gasteiger partial charge in [-0.25, -0.2) is 4.98 Å². The van der Waals surface area contributed by atoms with Crippen LogP contribution in [0.5, 0.6) is 0 Å². The highest BCUT2D eigenvalue weighted by atomic mass is 127. The Bertz CT molecular complexity index is 602. The number of halogens is 1. The number of hydrogen-bond donors (Lipinski definition) is 1. The van der Waals surface area contributed by atoms with E-state index in [2.05, 4.69) is 34.4 Å². The molecule has 4 unspecified atom stereocenters. The number of rotatable bonds is 4. The van der Waals surface area contributed by atoms with E-state index < -0.39 is 0 Å². The predicted octanol–water partition coefficient (Wildman–Crippen LogP) is 3.11. The Morgan fingerprint density at radius 1 is 1.36 bits per heavy atom. The molecular formula is C18H29IN4OS. The molecule has 1 aromatic heterocycles. The Hall–Kier alpha value is -0.410. The third kappa shape index (κ3) is 3.83. The summed E-state index contributed by atoms with van der Waals surface area (Å²) in [6.45, 7) is 7.48. The number of ether oxygens (including phenoxy) is 1. The van der Waals surface area contributed by atoms with Crippen LogP contribution in [-0.4, -0.2) is 54.7 Å². The van der Waals surface area contributed by atoms with Gasteiger partial charge in [0.15, 0.2) is 5.96 Å². The first-order chi connectivity index (χ1) is 11.7. The Morgan fingerprint density at radius 3 is 2.60 bits per heavy atom. The van der Waals surface area contributed by atoms with Gasteiger partial charge in [0.1, 0.15) is 0 Å². The average Bonchev–Trinajstić information content (AvgIpc) is 3.32. The van der Waals surface area contributed by atoms with Gasteiger partial charge >= 0.3 is 0 Å². The van der Waals surface area contributed by atoms with E-state index in [1.165, 1.54) is 23.5 Å². The molecule has 4 rings (SSSR count). The van der Waals surface area contributed by atoms with Crippen molar-refractivity contribution in [2.75, 3.05) is 26.7 Å². The van der Waals surface area contributed by atoms with Crippen molar-refractivity contribution in [1.29, 1.82) is 0 Å². The van der Waals surface area contributed by atoms with E-state index in [-0.39, 0.29) is 24.0 Å². The molecule has 4 heterocycles. The maximum Gasteiger partial charge on any atom is 0.193 e. The number of guanidine groups is 1. The smallest absolute Gasteiger partial charge is 0.193 e. The average molecular weight is 476 g/mol. The van der Waals surface area contributed by atoms with Crippen LogP contribution in [0, 0.1) is 11.8 Å². The van der Waals surface area contributed by atoms with E-state index in [1.807, 2.05) is 7.05 Å². The van der Waals surface area contributed by atoms with Crippen LogP contribution in [0.4, 0.5) is 0 Å². The summed E-state index contributed by atoms with van der Waals surface area (Å²) < 4.78 is 6.07. The van der Waals surface area contributed by atoms with Gasteiger partial charge in [-0.05, 0) is 12.8 Å². The van der Waals surface area contributed by atoms with E-state index in [1.54, 1.807) is 11.3 Å². The first kappa shape index (κ1) is 19.4. The zero-order valence-electron chi connectivity index (χ0n) is 15.3. The molecule has 3 saturated heterocycles. The fourth-order valence-electron chi connectivity index (χ4n) is 4.47. The first-order valence-electron chi connectivity index (χ1n) is 9.21. The molecule has 2 bridgehead atoms. The van der Waals surface area contributed by atoms with Crippen LogP contribution >= 0.6 is 35.3 Å². The minimum absolute atomic E-state index is 0. The monoisotopic (exact) mass is 476 g/mol. The van der Waals surface area contributed by atoms with Crippen LogP contribution in [0.3, 0.4) is 0 Å². The predicted molar refractivity (Wildman–Crippen MR) is 113 cm³/mol. The Morgan fingerprint density at radius 2 is 2.04 bits per heavy atom. The molecular weight excluding hydrogens is 447 g/mol. The highest BCUT2D eigenvalue weighted by Gasteiger charge is 2.53. The Labute approximate surface area is 171 Å². The van der Waals surface area contributed by atoms with E-state index in [0.717, 1.165) is 43.9 Å². The number of fused-ring (bicyclic) bond motifs is 5. The van der Waals surface area contributed by atoms with Crippen molar-refractivity contribution in [3.63, 3.8) is 0 Å². The van der Waals surface area contributed by atoms with Crippen LogP contribution in [0.25, 0.3) is 0 Å². The van der Waals surface area contributed by atoms with Gasteiger partial charge in [0.2, 0.25) is 0 Å². The molecule has 4 atom stereocenters. The summed E-state index contributed by atoms with van der Waals surface area (Å²) >= 11 is 1.77. The summed E-state index contributed by atoms with van der Waals surface area (Å²) in [6.07, 6.45) is 4.48. The Balaban J connectivity index is 0.00000182. The van der Waals surface area contributed by atoms with E-state index >= 15 is 0 Å². The van der Waals surface area contributed by atoms with Crippen LogP contribution in [0.2, 0.25) is 0 Å². The fourth-order valence-corrected chi connectivity index (χ4v) is 5.34. The molecule has 0 spiro atoms. The Kier molecular flexibility index (Phi) is 6.26. The zero-order valence-corrected chi connectivity index (χ0v) is 18.4. The van der Waals surface area contributed by atoms with Gasteiger partial charge in [0.25, 0.3) is 0 Å². The second-order valence-electron chi connectivity index (χ2n) is 7.58. The molecule has 0 aliphatic carbocycles. The first-order valence-corrected chi connectivity index (χ1v) is 10.1. The molecule has 0 saturated carbocycles. The highest BCUT2D eigenvalue weighted by molar-refractivity contribution is 14.0. The maximum atomic E-state index is 6.07. The number of thiazole rings is 1. The molecule has 5 nitrogen and oxygen atoms in total. The normalized spacial score (nSPS) is 30.7. The van der Waals surface area contributed by atoms with Crippen LogP contribution < -0.4 is 5.32 Å². The minimum atomic E-state index is 0. The van der Waals surface area contributed by atoms with Gasteiger partial charge in [-0.2, -0.15) is 0 Å². The number of nitrogens with one attached hydrogen (secondary N) is 1. The van der Waals surface area contributed by atoms with Crippen molar-refractivity contribution in [2.24, 2.45) is 16.8 Å². The summed E-state index contributed by atoms with van der Waals surface area (Å²) in [5, 5.41) is 6.96. The van der Waals surface area contributed by atoms with Gasteiger partial charge < -0.3 is 15.0 Å². The van der Waals surface area contributed by atoms with Gasteiger partial charge in [-0.3, -0.25) is 4.99 Å². The van der Waals surface area contributed by atoms with Crippen molar-refractivity contribution in [3.05, 3.63) is 16.1 Å². The standard InChI is InChI=1S/C18H28N4OS.HI/c1-11(2)17-21-12(10-24-17)6-7-20-18(19-3)22-8-13-14(9-22)16-5-4-15(13)23-16;/h10-11,13-16H,4-9H2,1-3H3,(H,19,20);1H. The lowest BCUT2D eigenvalue weighted by atomic mass is 9.82. The van der Waals surface area contributed by atoms with Crippen molar-refractivity contribution in [2.45, 2.75) is 51.2 Å². The van der Waals surface area contributed by atoms with Crippen molar-refractivity contribution in [3.8, 4) is 0 Å². The third-order valence-electron chi connectivity index (χ3n) is 5.69. The number of likely N-dealkylation sites (tertiary alicyclic amines) is 1. The van der Waals surface area contributed by atoms with Crippen molar-refractivity contribution >= 4 is 41.3 Å². The van der Waals surface area contributed by atoms with Gasteiger partial charge in [0.05, 0.1) is 22.9 Å². The maximum absolute atomic E-state index is 6.07. The number of hydrogen-bond acceptors (Lipinski definition) is 4. The molecule has 7 heteroatoms. The lowest BCUT2D eigenvalue weighted by Crippen LogP contribution is -2.42. The van der Waals surface area contributed by atoms with Crippen LogP contribution in [0.15, 0.2) is 10.4 Å². The topological polar surface area (TPSA) is 49.8 Å².